The van der Waals surface area contributed by atoms with Gasteiger partial charge < -0.3 is 15.5 Å². The van der Waals surface area contributed by atoms with Gasteiger partial charge in [-0.25, -0.2) is 0 Å². The molecule has 2 aliphatic heterocycles. The van der Waals surface area contributed by atoms with Crippen LogP contribution in [0.2, 0.25) is 0 Å². The SMILES string of the molecule is Cc1ccccc1C(=O)NC1C[C@@H]2CCC[C@@H](C1)N2C(=S)NCC(C)C. The first-order chi connectivity index (χ1) is 12.5. The van der Waals surface area contributed by atoms with E-state index in [1.807, 2.05) is 31.2 Å². The minimum Gasteiger partial charge on any atom is -0.362 e. The van der Waals surface area contributed by atoms with Crippen molar-refractivity contribution in [1.82, 2.24) is 15.5 Å². The summed E-state index contributed by atoms with van der Waals surface area (Å²) in [5, 5.41) is 7.62. The number of carbonyl (C=O) groups excluding carboxylic acids is 1. The first-order valence-electron chi connectivity index (χ1n) is 9.88. The largest absolute Gasteiger partial charge is 0.362 e. The number of piperidine rings is 2. The van der Waals surface area contributed by atoms with Crippen LogP contribution in [0.4, 0.5) is 0 Å². The number of fused-ring (bicyclic) bond motifs is 2. The van der Waals surface area contributed by atoms with Gasteiger partial charge in [0, 0.05) is 30.2 Å². The van der Waals surface area contributed by atoms with Crippen LogP contribution in [0.1, 0.15) is 61.9 Å². The van der Waals surface area contributed by atoms with Crippen LogP contribution < -0.4 is 10.6 Å². The number of benzene rings is 1. The Balaban J connectivity index is 1.63. The molecule has 2 fully saturated rings. The Hall–Kier alpha value is -1.62. The molecule has 0 spiro atoms. The average Bonchev–Trinajstić information content (AvgIpc) is 2.59. The molecule has 2 atom stereocenters. The zero-order valence-corrected chi connectivity index (χ0v) is 16.9. The maximum Gasteiger partial charge on any atom is 0.251 e. The van der Waals surface area contributed by atoms with E-state index in [0.29, 0.717) is 18.0 Å². The van der Waals surface area contributed by atoms with E-state index in [9.17, 15) is 4.79 Å². The lowest BCUT2D eigenvalue weighted by Gasteiger charge is -2.50. The lowest BCUT2D eigenvalue weighted by molar-refractivity contribution is 0.0739. The van der Waals surface area contributed by atoms with Crippen LogP contribution in [0, 0.1) is 12.8 Å². The van der Waals surface area contributed by atoms with Gasteiger partial charge in [-0.15, -0.1) is 0 Å². The molecule has 2 heterocycles. The van der Waals surface area contributed by atoms with Crippen molar-refractivity contribution in [1.29, 1.82) is 0 Å². The Labute approximate surface area is 162 Å². The number of thiocarbonyl (C=S) groups is 1. The van der Waals surface area contributed by atoms with Crippen molar-refractivity contribution in [2.75, 3.05) is 6.54 Å². The maximum absolute atomic E-state index is 12.7. The molecule has 0 radical (unpaired) electrons. The van der Waals surface area contributed by atoms with Crippen molar-refractivity contribution in [3.05, 3.63) is 35.4 Å². The summed E-state index contributed by atoms with van der Waals surface area (Å²) in [7, 11) is 0. The fraction of sp³-hybridized carbons (Fsp3) is 0.619. The molecule has 0 aromatic heterocycles. The van der Waals surface area contributed by atoms with Gasteiger partial charge in [-0.1, -0.05) is 32.0 Å². The van der Waals surface area contributed by atoms with Gasteiger partial charge in [0.2, 0.25) is 0 Å². The number of hydrogen-bond donors (Lipinski definition) is 2. The highest BCUT2D eigenvalue weighted by molar-refractivity contribution is 7.80. The molecule has 0 saturated carbocycles. The first-order valence-corrected chi connectivity index (χ1v) is 10.3. The summed E-state index contributed by atoms with van der Waals surface area (Å²) >= 11 is 5.69. The highest BCUT2D eigenvalue weighted by Gasteiger charge is 2.40. The van der Waals surface area contributed by atoms with Crippen LogP contribution in [0.15, 0.2) is 24.3 Å². The zero-order chi connectivity index (χ0) is 18.7. The Kier molecular flexibility index (Phi) is 6.17. The third kappa shape index (κ3) is 4.37. The Morgan fingerprint density at radius 1 is 1.23 bits per heavy atom. The Morgan fingerprint density at radius 2 is 1.88 bits per heavy atom. The molecule has 3 rings (SSSR count). The van der Waals surface area contributed by atoms with E-state index in [2.05, 4.69) is 29.4 Å². The molecule has 1 amide bonds. The molecule has 0 aliphatic carbocycles. The quantitative estimate of drug-likeness (QED) is 0.791. The van der Waals surface area contributed by atoms with E-state index >= 15 is 0 Å². The molecule has 142 valence electrons. The summed E-state index contributed by atoms with van der Waals surface area (Å²) in [6.07, 6.45) is 5.56. The normalized spacial score (nSPS) is 25.1. The number of rotatable bonds is 4. The summed E-state index contributed by atoms with van der Waals surface area (Å²) in [6, 6.07) is 8.92. The summed E-state index contributed by atoms with van der Waals surface area (Å²) in [5.41, 5.74) is 1.82. The lowest BCUT2D eigenvalue weighted by Crippen LogP contribution is -2.61. The standard InChI is InChI=1S/C21H31N3OS/c1-14(2)13-22-21(26)24-17-8-6-9-18(24)12-16(11-17)23-20(25)19-10-5-4-7-15(19)3/h4-5,7,10,14,16-18H,6,8-9,11-13H2,1-3H3,(H,22,26)(H,23,25)/t17-,18-/m0/s1. The van der Waals surface area contributed by atoms with Crippen molar-refractivity contribution in [3.63, 3.8) is 0 Å². The van der Waals surface area contributed by atoms with Gasteiger partial charge in [0.25, 0.3) is 5.91 Å². The summed E-state index contributed by atoms with van der Waals surface area (Å²) in [5.74, 6) is 0.638. The third-order valence-electron chi connectivity index (χ3n) is 5.60. The van der Waals surface area contributed by atoms with E-state index in [1.165, 1.54) is 6.42 Å². The second-order valence-electron chi connectivity index (χ2n) is 8.18. The van der Waals surface area contributed by atoms with Crippen molar-refractivity contribution in [3.8, 4) is 0 Å². The van der Waals surface area contributed by atoms with Crippen molar-refractivity contribution < 1.29 is 4.79 Å². The number of nitrogens with zero attached hydrogens (tertiary/aromatic N) is 1. The van der Waals surface area contributed by atoms with E-state index < -0.39 is 0 Å². The molecule has 4 nitrogen and oxygen atoms in total. The van der Waals surface area contributed by atoms with E-state index in [-0.39, 0.29) is 11.9 Å². The molecule has 1 aromatic carbocycles. The number of amides is 1. The van der Waals surface area contributed by atoms with Crippen molar-refractivity contribution >= 4 is 23.2 Å². The number of carbonyl (C=O) groups is 1. The second kappa shape index (κ2) is 8.38. The van der Waals surface area contributed by atoms with Crippen molar-refractivity contribution in [2.45, 2.75) is 71.0 Å². The topological polar surface area (TPSA) is 44.4 Å². The molecule has 0 unspecified atom stereocenters. The number of nitrogens with one attached hydrogen (secondary N) is 2. The van der Waals surface area contributed by atoms with Gasteiger partial charge in [-0.3, -0.25) is 4.79 Å². The maximum atomic E-state index is 12.7. The molecular formula is C21H31N3OS. The van der Waals surface area contributed by atoms with Gasteiger partial charge in [-0.2, -0.15) is 0 Å². The molecule has 1 aromatic rings. The first kappa shape index (κ1) is 19.2. The molecule has 2 aliphatic rings. The van der Waals surface area contributed by atoms with E-state index in [1.54, 1.807) is 0 Å². The van der Waals surface area contributed by atoms with Crippen LogP contribution in [0.3, 0.4) is 0 Å². The molecule has 26 heavy (non-hydrogen) atoms. The third-order valence-corrected chi connectivity index (χ3v) is 5.95. The molecule has 2 bridgehead atoms. The fourth-order valence-corrected chi connectivity index (χ4v) is 4.69. The van der Waals surface area contributed by atoms with Gasteiger partial charge >= 0.3 is 0 Å². The summed E-state index contributed by atoms with van der Waals surface area (Å²) in [4.78, 5) is 15.1. The predicted octanol–water partition coefficient (Wildman–Crippen LogP) is 3.64. The van der Waals surface area contributed by atoms with Crippen LogP contribution in [-0.2, 0) is 0 Å². The highest BCUT2D eigenvalue weighted by atomic mass is 32.1. The molecular weight excluding hydrogens is 342 g/mol. The fourth-order valence-electron chi connectivity index (χ4n) is 4.30. The second-order valence-corrected chi connectivity index (χ2v) is 8.57. The van der Waals surface area contributed by atoms with E-state index in [4.69, 9.17) is 12.2 Å². The zero-order valence-electron chi connectivity index (χ0n) is 16.1. The summed E-state index contributed by atoms with van der Waals surface area (Å²) < 4.78 is 0. The smallest absolute Gasteiger partial charge is 0.251 e. The monoisotopic (exact) mass is 373 g/mol. The number of aryl methyl sites for hydroxylation is 1. The van der Waals surface area contributed by atoms with Crippen LogP contribution in [0.25, 0.3) is 0 Å². The van der Waals surface area contributed by atoms with Gasteiger partial charge in [0.05, 0.1) is 0 Å². The molecule has 2 saturated heterocycles. The Morgan fingerprint density at radius 3 is 2.50 bits per heavy atom. The van der Waals surface area contributed by atoms with Crippen LogP contribution in [-0.4, -0.2) is 40.6 Å². The lowest BCUT2D eigenvalue weighted by atomic mass is 9.82. The van der Waals surface area contributed by atoms with Gasteiger partial charge in [0.1, 0.15) is 0 Å². The van der Waals surface area contributed by atoms with Crippen LogP contribution >= 0.6 is 12.2 Å². The van der Waals surface area contributed by atoms with Crippen molar-refractivity contribution in [2.24, 2.45) is 5.92 Å². The average molecular weight is 374 g/mol. The molecule has 5 heteroatoms. The Bertz CT molecular complexity index is 646. The minimum absolute atomic E-state index is 0.0557. The minimum atomic E-state index is 0.0557. The predicted molar refractivity (Wildman–Crippen MR) is 110 cm³/mol. The van der Waals surface area contributed by atoms with Gasteiger partial charge in [0.15, 0.2) is 5.11 Å². The van der Waals surface area contributed by atoms with Crippen LogP contribution in [0.5, 0.6) is 0 Å². The van der Waals surface area contributed by atoms with Gasteiger partial charge in [-0.05, 0) is 68.8 Å². The highest BCUT2D eigenvalue weighted by Crippen LogP contribution is 2.34. The molecule has 2 N–H and O–H groups in total. The number of hydrogen-bond acceptors (Lipinski definition) is 2. The summed E-state index contributed by atoms with van der Waals surface area (Å²) in [6.45, 7) is 7.31. The van der Waals surface area contributed by atoms with E-state index in [0.717, 1.165) is 48.5 Å².